The van der Waals surface area contributed by atoms with Gasteiger partial charge in [0.05, 0.1) is 41.7 Å². The Morgan fingerprint density at radius 2 is 1.87 bits per heavy atom. The second-order valence-corrected chi connectivity index (χ2v) is 11.3. The molecule has 0 aliphatic carbocycles. The number of carboxylic acids is 1. The number of carboxylic acid groups (broad SMARTS) is 1. The second kappa shape index (κ2) is 13.2. The minimum atomic E-state index is -0.989. The summed E-state index contributed by atoms with van der Waals surface area (Å²) in [5.74, 6) is -1.42. The van der Waals surface area contributed by atoms with Crippen LogP contribution in [0.3, 0.4) is 0 Å². The maximum atomic E-state index is 14.4. The fourth-order valence-electron chi connectivity index (χ4n) is 5.44. The van der Waals surface area contributed by atoms with Gasteiger partial charge in [0.2, 0.25) is 5.88 Å². The number of fused-ring (bicyclic) bond motifs is 1. The van der Waals surface area contributed by atoms with Crippen molar-refractivity contribution in [2.75, 3.05) is 13.1 Å². The largest absolute Gasteiger partial charge is 0.478 e. The van der Waals surface area contributed by atoms with E-state index in [9.17, 15) is 18.7 Å². The number of halogens is 3. The first-order valence-electron chi connectivity index (χ1n) is 14.6. The number of rotatable bonds is 11. The quantitative estimate of drug-likeness (QED) is 0.190. The van der Waals surface area contributed by atoms with Crippen LogP contribution in [-0.4, -0.2) is 59.3 Å². The molecule has 4 heterocycles. The number of carbonyl (C=O) groups is 1. The molecule has 1 aliphatic heterocycles. The van der Waals surface area contributed by atoms with Gasteiger partial charge in [-0.2, -0.15) is 4.98 Å². The van der Waals surface area contributed by atoms with Gasteiger partial charge in [0.1, 0.15) is 24.4 Å². The standard InChI is InChI=1S/C32H31ClF2N6O4/c1-2-40-19-36-15-23(40)16-41-28-13-20(32(42)43)4-7-27(28)37-29(41)17-39-11-9-24(10-12-39)45-30-8-6-25(34)31(38-30)44-18-21-3-5-22(33)14-26(21)35/h3-8,13-15,19,24H,2,9-12,16-18H2,1H3,(H,42,43). The molecule has 0 spiro atoms. The monoisotopic (exact) mass is 636 g/mol. The van der Waals surface area contributed by atoms with Crippen LogP contribution < -0.4 is 9.47 Å². The molecule has 0 atom stereocenters. The van der Waals surface area contributed by atoms with Crippen molar-refractivity contribution in [2.24, 2.45) is 0 Å². The second-order valence-electron chi connectivity index (χ2n) is 10.8. The molecule has 10 nitrogen and oxygen atoms in total. The van der Waals surface area contributed by atoms with Crippen LogP contribution in [0.1, 0.15) is 47.2 Å². The molecule has 6 rings (SSSR count). The maximum absolute atomic E-state index is 14.4. The molecule has 0 saturated carbocycles. The van der Waals surface area contributed by atoms with Gasteiger partial charge in [0.15, 0.2) is 5.82 Å². The highest BCUT2D eigenvalue weighted by Gasteiger charge is 2.24. The molecule has 0 bridgehead atoms. The molecule has 3 aromatic heterocycles. The van der Waals surface area contributed by atoms with Gasteiger partial charge in [-0.1, -0.05) is 17.7 Å². The molecular weight excluding hydrogens is 606 g/mol. The molecule has 0 unspecified atom stereocenters. The molecule has 45 heavy (non-hydrogen) atoms. The number of hydrogen-bond donors (Lipinski definition) is 1. The molecule has 2 aromatic carbocycles. The van der Waals surface area contributed by atoms with E-state index in [0.29, 0.717) is 25.9 Å². The van der Waals surface area contributed by atoms with Crippen molar-refractivity contribution in [3.63, 3.8) is 0 Å². The number of imidazole rings is 2. The Kier molecular flexibility index (Phi) is 8.95. The van der Waals surface area contributed by atoms with Gasteiger partial charge in [-0.25, -0.2) is 23.5 Å². The minimum absolute atomic E-state index is 0.142. The highest BCUT2D eigenvalue weighted by molar-refractivity contribution is 6.30. The smallest absolute Gasteiger partial charge is 0.335 e. The van der Waals surface area contributed by atoms with Crippen molar-refractivity contribution in [1.29, 1.82) is 0 Å². The number of pyridine rings is 1. The van der Waals surface area contributed by atoms with E-state index < -0.39 is 17.6 Å². The highest BCUT2D eigenvalue weighted by Crippen LogP contribution is 2.26. The first-order valence-corrected chi connectivity index (χ1v) is 15.0. The van der Waals surface area contributed by atoms with E-state index in [4.69, 9.17) is 26.1 Å². The van der Waals surface area contributed by atoms with E-state index in [0.717, 1.165) is 42.2 Å². The number of nitrogens with zero attached hydrogens (tertiary/aromatic N) is 6. The summed E-state index contributed by atoms with van der Waals surface area (Å²) in [4.78, 5) is 27.3. The molecule has 1 saturated heterocycles. The van der Waals surface area contributed by atoms with Crippen LogP contribution in [0.25, 0.3) is 11.0 Å². The van der Waals surface area contributed by atoms with Crippen LogP contribution in [0.15, 0.2) is 61.1 Å². The number of aromatic carboxylic acids is 1. The van der Waals surface area contributed by atoms with Crippen LogP contribution >= 0.6 is 11.6 Å². The SMILES string of the molecule is CCn1cncc1Cn1c(CN2CCC(Oc3ccc(F)c(OCc4ccc(Cl)cc4F)n3)CC2)nc2ccc(C(=O)O)cc21. The summed E-state index contributed by atoms with van der Waals surface area (Å²) in [6, 6.07) is 11.8. The van der Waals surface area contributed by atoms with Gasteiger partial charge in [-0.05, 0) is 56.2 Å². The van der Waals surface area contributed by atoms with Crippen molar-refractivity contribution in [3.8, 4) is 11.8 Å². The van der Waals surface area contributed by atoms with Crippen LogP contribution in [0.2, 0.25) is 5.02 Å². The van der Waals surface area contributed by atoms with Gasteiger partial charge in [0, 0.05) is 42.5 Å². The van der Waals surface area contributed by atoms with Gasteiger partial charge in [-0.3, -0.25) is 4.90 Å². The third-order valence-electron chi connectivity index (χ3n) is 7.89. The molecule has 1 N–H and O–H groups in total. The average molecular weight is 637 g/mol. The van der Waals surface area contributed by atoms with Crippen molar-refractivity contribution < 1.29 is 28.2 Å². The molecule has 234 valence electrons. The van der Waals surface area contributed by atoms with Gasteiger partial charge in [0.25, 0.3) is 5.88 Å². The topological polar surface area (TPSA) is 108 Å². The van der Waals surface area contributed by atoms with Crippen molar-refractivity contribution in [3.05, 3.63) is 100 Å². The van der Waals surface area contributed by atoms with Crippen molar-refractivity contribution >= 4 is 28.6 Å². The summed E-state index contributed by atoms with van der Waals surface area (Å²) in [5, 5.41) is 9.84. The number of hydrogen-bond acceptors (Lipinski definition) is 7. The summed E-state index contributed by atoms with van der Waals surface area (Å²) in [6.45, 7) is 5.13. The fraction of sp³-hybridized carbons (Fsp3) is 0.312. The minimum Gasteiger partial charge on any atom is -0.478 e. The van der Waals surface area contributed by atoms with Crippen LogP contribution in [0.4, 0.5) is 8.78 Å². The lowest BCUT2D eigenvalue weighted by Crippen LogP contribution is -2.38. The van der Waals surface area contributed by atoms with Crippen LogP contribution in [-0.2, 0) is 26.2 Å². The highest BCUT2D eigenvalue weighted by atomic mass is 35.5. The van der Waals surface area contributed by atoms with Gasteiger partial charge >= 0.3 is 5.97 Å². The first-order chi connectivity index (χ1) is 21.8. The zero-order valence-electron chi connectivity index (χ0n) is 24.5. The lowest BCUT2D eigenvalue weighted by atomic mass is 10.1. The lowest BCUT2D eigenvalue weighted by molar-refractivity contribution is 0.0697. The average Bonchev–Trinajstić information content (AvgIpc) is 3.62. The molecule has 5 aromatic rings. The fourth-order valence-corrected chi connectivity index (χ4v) is 5.60. The predicted molar refractivity (Wildman–Crippen MR) is 163 cm³/mol. The summed E-state index contributed by atoms with van der Waals surface area (Å²) in [5.41, 5.74) is 2.92. The summed E-state index contributed by atoms with van der Waals surface area (Å²) in [7, 11) is 0. The van der Waals surface area contributed by atoms with E-state index in [1.165, 1.54) is 30.3 Å². The number of ether oxygens (including phenoxy) is 2. The Hall–Kier alpha value is -4.55. The third-order valence-corrected chi connectivity index (χ3v) is 8.12. The normalized spacial score (nSPS) is 14.2. The van der Waals surface area contributed by atoms with E-state index in [2.05, 4.69) is 24.0 Å². The van der Waals surface area contributed by atoms with E-state index >= 15 is 0 Å². The molecular formula is C32H31ClF2N6O4. The van der Waals surface area contributed by atoms with Gasteiger partial charge in [-0.15, -0.1) is 0 Å². The van der Waals surface area contributed by atoms with Gasteiger partial charge < -0.3 is 23.7 Å². The summed E-state index contributed by atoms with van der Waals surface area (Å²) >= 11 is 5.80. The zero-order valence-corrected chi connectivity index (χ0v) is 25.3. The lowest BCUT2D eigenvalue weighted by Gasteiger charge is -2.31. The predicted octanol–water partition coefficient (Wildman–Crippen LogP) is 5.95. The van der Waals surface area contributed by atoms with E-state index in [1.54, 1.807) is 24.5 Å². The molecule has 0 amide bonds. The molecule has 1 aliphatic rings. The summed E-state index contributed by atoms with van der Waals surface area (Å²) in [6.07, 6.45) is 4.87. The Morgan fingerprint density at radius 1 is 1.04 bits per heavy atom. The Labute approximate surface area is 262 Å². The number of aromatic nitrogens is 5. The van der Waals surface area contributed by atoms with Crippen LogP contribution in [0, 0.1) is 11.6 Å². The van der Waals surface area contributed by atoms with E-state index in [1.807, 2.05) is 13.1 Å². The number of benzene rings is 2. The van der Waals surface area contributed by atoms with Crippen LogP contribution in [0.5, 0.6) is 11.8 Å². The Balaban J connectivity index is 1.11. The number of piperidine rings is 1. The Bertz CT molecular complexity index is 1840. The molecule has 1 fully saturated rings. The number of likely N-dealkylation sites (tertiary alicyclic amines) is 1. The molecule has 0 radical (unpaired) electrons. The molecule has 13 heteroatoms. The van der Waals surface area contributed by atoms with Crippen molar-refractivity contribution in [1.82, 2.24) is 29.0 Å². The first kappa shape index (κ1) is 30.5. The number of aryl methyl sites for hydroxylation is 1. The van der Waals surface area contributed by atoms with E-state index in [-0.39, 0.29) is 40.6 Å². The summed E-state index contributed by atoms with van der Waals surface area (Å²) < 4.78 is 44.2. The van der Waals surface area contributed by atoms with Crippen molar-refractivity contribution in [2.45, 2.75) is 52.1 Å². The zero-order chi connectivity index (χ0) is 31.5. The maximum Gasteiger partial charge on any atom is 0.335 e. The Morgan fingerprint density at radius 3 is 2.62 bits per heavy atom. The third kappa shape index (κ3) is 6.91.